The lowest BCUT2D eigenvalue weighted by molar-refractivity contribution is -0.133. The van der Waals surface area contributed by atoms with Gasteiger partial charge in [-0.2, -0.15) is 0 Å². The Labute approximate surface area is 195 Å². The second-order valence-corrected chi connectivity index (χ2v) is 9.00. The Morgan fingerprint density at radius 2 is 1.94 bits per heavy atom. The number of carbonyl (C=O) groups is 2. The lowest BCUT2D eigenvalue weighted by Crippen LogP contribution is -2.50. The van der Waals surface area contributed by atoms with E-state index in [4.69, 9.17) is 14.2 Å². The van der Waals surface area contributed by atoms with Gasteiger partial charge in [-0.15, -0.1) is 10.2 Å². The van der Waals surface area contributed by atoms with E-state index in [1.165, 1.54) is 23.1 Å². The van der Waals surface area contributed by atoms with Crippen LogP contribution in [-0.2, 0) is 14.3 Å². The molecule has 1 fully saturated rings. The molecule has 3 rings (SSSR count). The van der Waals surface area contributed by atoms with Gasteiger partial charge in [0.2, 0.25) is 11.0 Å². The van der Waals surface area contributed by atoms with Crippen LogP contribution in [0.1, 0.15) is 0 Å². The fourth-order valence-electron chi connectivity index (χ4n) is 2.93. The van der Waals surface area contributed by atoms with Gasteiger partial charge < -0.3 is 29.3 Å². The zero-order valence-corrected chi connectivity index (χ0v) is 19.7. The van der Waals surface area contributed by atoms with Crippen molar-refractivity contribution in [1.29, 1.82) is 0 Å². The molecule has 1 saturated heterocycles. The highest BCUT2D eigenvalue weighted by molar-refractivity contribution is 8.01. The summed E-state index contributed by atoms with van der Waals surface area (Å²) in [6, 6.07) is 7.19. The van der Waals surface area contributed by atoms with Crippen molar-refractivity contribution in [2.24, 2.45) is 0 Å². The summed E-state index contributed by atoms with van der Waals surface area (Å²) in [5, 5.41) is 12.0. The number of aromatic nitrogens is 2. The second kappa shape index (κ2) is 12.5. The number of piperazine rings is 1. The molecule has 1 aliphatic heterocycles. The topological polar surface area (TPSA) is 106 Å². The lowest BCUT2D eigenvalue weighted by atomic mass is 10.3. The predicted molar refractivity (Wildman–Crippen MR) is 123 cm³/mol. The largest absolute Gasteiger partial charge is 0.497 e. The Morgan fingerprint density at radius 1 is 1.16 bits per heavy atom. The molecule has 10 nitrogen and oxygen atoms in total. The third-order valence-corrected chi connectivity index (χ3v) is 6.77. The van der Waals surface area contributed by atoms with Gasteiger partial charge in [0.25, 0.3) is 5.91 Å². The zero-order chi connectivity index (χ0) is 22.8. The molecule has 2 aromatic rings. The Balaban J connectivity index is 1.39. The van der Waals surface area contributed by atoms with E-state index in [9.17, 15) is 9.59 Å². The molecule has 0 bridgehead atoms. The van der Waals surface area contributed by atoms with Crippen LogP contribution in [0.5, 0.6) is 11.5 Å². The van der Waals surface area contributed by atoms with Crippen LogP contribution in [0.3, 0.4) is 0 Å². The van der Waals surface area contributed by atoms with Gasteiger partial charge in [-0.3, -0.25) is 9.59 Å². The van der Waals surface area contributed by atoms with Crippen LogP contribution in [0.15, 0.2) is 28.6 Å². The van der Waals surface area contributed by atoms with Gasteiger partial charge in [-0.1, -0.05) is 29.2 Å². The molecule has 32 heavy (non-hydrogen) atoms. The maximum absolute atomic E-state index is 12.5. The van der Waals surface area contributed by atoms with Gasteiger partial charge in [-0.25, -0.2) is 0 Å². The van der Waals surface area contributed by atoms with E-state index in [1.54, 1.807) is 31.3 Å². The van der Waals surface area contributed by atoms with Crippen molar-refractivity contribution in [3.8, 4) is 11.5 Å². The predicted octanol–water partition coefficient (Wildman–Crippen LogP) is 1.13. The van der Waals surface area contributed by atoms with Crippen LogP contribution in [0, 0.1) is 0 Å². The maximum atomic E-state index is 12.5. The summed E-state index contributed by atoms with van der Waals surface area (Å²) in [5.41, 5.74) is 0. The Bertz CT molecular complexity index is 889. The van der Waals surface area contributed by atoms with Gasteiger partial charge in [0.1, 0.15) is 11.5 Å². The molecule has 1 aliphatic rings. The second-order valence-electron chi connectivity index (χ2n) is 6.82. The van der Waals surface area contributed by atoms with Crippen molar-refractivity contribution in [2.45, 2.75) is 4.34 Å². The third kappa shape index (κ3) is 7.24. The summed E-state index contributed by atoms with van der Waals surface area (Å²) in [5.74, 6) is 1.45. The minimum atomic E-state index is -0.0629. The molecule has 0 radical (unpaired) electrons. The first-order valence-electron chi connectivity index (χ1n) is 10.1. The van der Waals surface area contributed by atoms with Gasteiger partial charge in [-0.05, 0) is 12.1 Å². The van der Waals surface area contributed by atoms with Crippen molar-refractivity contribution < 1.29 is 23.8 Å². The van der Waals surface area contributed by atoms with Crippen LogP contribution in [0.25, 0.3) is 0 Å². The molecule has 0 unspecified atom stereocenters. The minimum Gasteiger partial charge on any atom is -0.497 e. The van der Waals surface area contributed by atoms with E-state index in [0.29, 0.717) is 50.8 Å². The number of nitrogens with one attached hydrogen (secondary N) is 1. The molecule has 1 aromatic heterocycles. The summed E-state index contributed by atoms with van der Waals surface area (Å²) in [4.78, 5) is 28.2. The van der Waals surface area contributed by atoms with E-state index < -0.39 is 0 Å². The number of ether oxygens (including phenoxy) is 3. The summed E-state index contributed by atoms with van der Waals surface area (Å²) in [6.45, 7) is 3.48. The average Bonchev–Trinajstić information content (AvgIpc) is 3.31. The van der Waals surface area contributed by atoms with Gasteiger partial charge >= 0.3 is 0 Å². The van der Waals surface area contributed by atoms with Crippen molar-refractivity contribution >= 4 is 40.0 Å². The Kier molecular flexibility index (Phi) is 9.38. The first-order chi connectivity index (χ1) is 15.6. The molecule has 0 atom stereocenters. The van der Waals surface area contributed by atoms with E-state index >= 15 is 0 Å². The fraction of sp³-hybridized carbons (Fsp3) is 0.500. The molecule has 12 heteroatoms. The number of hydrogen-bond donors (Lipinski definition) is 1. The number of rotatable bonds is 11. The molecular weight excluding hydrogens is 454 g/mol. The number of hydrogen-bond acceptors (Lipinski definition) is 10. The first kappa shape index (κ1) is 24.1. The number of thioether (sulfide) groups is 1. The maximum Gasteiger partial charge on any atom is 0.260 e. The molecule has 0 aliphatic carbocycles. The van der Waals surface area contributed by atoms with E-state index in [0.717, 1.165) is 9.47 Å². The Morgan fingerprint density at radius 3 is 2.69 bits per heavy atom. The van der Waals surface area contributed by atoms with Crippen LogP contribution >= 0.6 is 23.1 Å². The summed E-state index contributed by atoms with van der Waals surface area (Å²) in [7, 11) is 3.18. The van der Waals surface area contributed by atoms with E-state index in [1.807, 2.05) is 12.1 Å². The third-order valence-electron chi connectivity index (χ3n) is 4.66. The van der Waals surface area contributed by atoms with Crippen molar-refractivity contribution in [3.05, 3.63) is 24.3 Å². The van der Waals surface area contributed by atoms with Crippen molar-refractivity contribution in [3.63, 3.8) is 0 Å². The molecule has 1 N–H and O–H groups in total. The van der Waals surface area contributed by atoms with Crippen LogP contribution < -0.4 is 19.7 Å². The van der Waals surface area contributed by atoms with Crippen molar-refractivity contribution in [2.75, 3.05) is 70.8 Å². The summed E-state index contributed by atoms with van der Waals surface area (Å²) >= 11 is 2.81. The number of amides is 2. The molecule has 2 heterocycles. The minimum absolute atomic E-state index is 0.0147. The first-order valence-corrected chi connectivity index (χ1v) is 11.9. The molecule has 2 amide bonds. The summed E-state index contributed by atoms with van der Waals surface area (Å²) < 4.78 is 16.4. The number of nitrogens with zero attached hydrogens (tertiary/aromatic N) is 4. The van der Waals surface area contributed by atoms with Gasteiger partial charge in [0.15, 0.2) is 10.9 Å². The summed E-state index contributed by atoms with van der Waals surface area (Å²) in [6.07, 6.45) is 0. The number of methoxy groups -OCH3 is 2. The molecular formula is C20H27N5O5S2. The molecule has 174 valence electrons. The lowest BCUT2D eigenvalue weighted by Gasteiger charge is -2.34. The molecule has 0 spiro atoms. The van der Waals surface area contributed by atoms with Crippen LogP contribution in [0.4, 0.5) is 5.13 Å². The van der Waals surface area contributed by atoms with Crippen LogP contribution in [0.2, 0.25) is 0 Å². The van der Waals surface area contributed by atoms with E-state index in [2.05, 4.69) is 20.4 Å². The molecule has 0 saturated carbocycles. The number of carbonyl (C=O) groups excluding carboxylic acids is 2. The van der Waals surface area contributed by atoms with E-state index in [-0.39, 0.29) is 24.2 Å². The van der Waals surface area contributed by atoms with Gasteiger partial charge in [0.05, 0.1) is 19.5 Å². The quantitative estimate of drug-likeness (QED) is 0.373. The Hall–Kier alpha value is -2.57. The average molecular weight is 482 g/mol. The highest BCUT2D eigenvalue weighted by Crippen LogP contribution is 2.28. The standard InChI is InChI=1S/C20H27N5O5S2/c1-28-11-6-21-17(26)14-31-20-23-22-19(32-20)25-9-7-24(8-10-25)18(27)13-30-16-5-3-4-15(12-16)29-2/h3-5,12H,6-11,13-14H2,1-2H3,(H,21,26). The normalized spacial score (nSPS) is 13.7. The smallest absolute Gasteiger partial charge is 0.260 e. The highest BCUT2D eigenvalue weighted by atomic mass is 32.2. The number of benzene rings is 1. The SMILES string of the molecule is COCCNC(=O)CSc1nnc(N2CCN(C(=O)COc3cccc(OC)c3)CC2)s1. The number of anilines is 1. The van der Waals surface area contributed by atoms with Crippen molar-refractivity contribution in [1.82, 2.24) is 20.4 Å². The fourth-order valence-corrected chi connectivity index (χ4v) is 4.66. The highest BCUT2D eigenvalue weighted by Gasteiger charge is 2.24. The van der Waals surface area contributed by atoms with Gasteiger partial charge in [0, 0.05) is 45.9 Å². The van der Waals surface area contributed by atoms with Crippen LogP contribution in [-0.4, -0.2) is 92.8 Å². The zero-order valence-electron chi connectivity index (χ0n) is 18.1. The monoisotopic (exact) mass is 481 g/mol. The molecule has 1 aromatic carbocycles.